The molecular formula is C8H7BrF3O. The van der Waals surface area contributed by atoms with Crippen LogP contribution in [0.4, 0.5) is 13.2 Å². The highest BCUT2D eigenvalue weighted by Gasteiger charge is 2.35. The van der Waals surface area contributed by atoms with E-state index in [-0.39, 0.29) is 6.42 Å². The van der Waals surface area contributed by atoms with Gasteiger partial charge in [-0.2, -0.15) is 13.2 Å². The lowest BCUT2D eigenvalue weighted by atomic mass is 10.0. The van der Waals surface area contributed by atoms with Gasteiger partial charge in [-0.15, -0.1) is 0 Å². The molecule has 0 unspecified atom stereocenters. The van der Waals surface area contributed by atoms with Gasteiger partial charge >= 0.3 is 6.18 Å². The van der Waals surface area contributed by atoms with Crippen LogP contribution in [0.5, 0.6) is 0 Å². The molecule has 73 valence electrons. The van der Waals surface area contributed by atoms with E-state index in [1.807, 2.05) is 0 Å². The summed E-state index contributed by atoms with van der Waals surface area (Å²) in [7, 11) is 1.42. The van der Waals surface area contributed by atoms with Crippen LogP contribution in [0.3, 0.4) is 0 Å². The Morgan fingerprint density at radius 2 is 2.08 bits per heavy atom. The fourth-order valence-corrected chi connectivity index (χ4v) is 1.56. The fourth-order valence-electron chi connectivity index (χ4n) is 0.962. The van der Waals surface area contributed by atoms with Crippen LogP contribution >= 0.6 is 15.9 Å². The Balaban J connectivity index is 2.90. The van der Waals surface area contributed by atoms with E-state index >= 15 is 0 Å². The van der Waals surface area contributed by atoms with E-state index in [1.54, 1.807) is 0 Å². The standard InChI is InChI=1S/C8H7BrF3O/c1-13-7-3-2-5(4-6(7)9)8(10,11)12/h3-4H,2H2,1H3. The minimum absolute atomic E-state index is 0.137. The third kappa shape index (κ3) is 2.49. The third-order valence-corrected chi connectivity index (χ3v) is 2.25. The van der Waals surface area contributed by atoms with Gasteiger partial charge in [-0.1, -0.05) is 0 Å². The quantitative estimate of drug-likeness (QED) is 0.699. The Morgan fingerprint density at radius 3 is 2.46 bits per heavy atom. The van der Waals surface area contributed by atoms with Crippen molar-refractivity contribution in [1.82, 2.24) is 0 Å². The number of alkyl halides is 3. The Bertz CT molecular complexity index is 265. The van der Waals surface area contributed by atoms with Crippen LogP contribution in [-0.4, -0.2) is 13.3 Å². The van der Waals surface area contributed by atoms with Crippen molar-refractivity contribution in [2.75, 3.05) is 7.11 Å². The van der Waals surface area contributed by atoms with Gasteiger partial charge in [0.15, 0.2) is 0 Å². The summed E-state index contributed by atoms with van der Waals surface area (Å²) in [6, 6.07) is 0. The van der Waals surface area contributed by atoms with Gasteiger partial charge in [0.05, 0.1) is 11.6 Å². The zero-order chi connectivity index (χ0) is 10.1. The van der Waals surface area contributed by atoms with Crippen molar-refractivity contribution in [3.63, 3.8) is 0 Å². The van der Waals surface area contributed by atoms with Crippen LogP contribution < -0.4 is 0 Å². The molecule has 0 saturated carbocycles. The van der Waals surface area contributed by atoms with Crippen molar-refractivity contribution >= 4 is 15.9 Å². The SMILES string of the molecule is COC1=C(Br)C=C(C(F)(F)F)C[CH]1. The van der Waals surface area contributed by atoms with Crippen LogP contribution in [0.1, 0.15) is 6.42 Å². The predicted octanol–water partition coefficient (Wildman–Crippen LogP) is 3.34. The molecule has 0 heterocycles. The van der Waals surface area contributed by atoms with Crippen molar-refractivity contribution in [3.05, 3.63) is 28.3 Å². The fraction of sp³-hybridized carbons (Fsp3) is 0.375. The molecule has 13 heavy (non-hydrogen) atoms. The average molecular weight is 256 g/mol. The first-order valence-electron chi connectivity index (χ1n) is 3.50. The summed E-state index contributed by atoms with van der Waals surface area (Å²) in [6.07, 6.45) is -1.96. The Hall–Kier alpha value is -0.450. The molecule has 0 aromatic heterocycles. The van der Waals surface area contributed by atoms with Crippen LogP contribution in [-0.2, 0) is 4.74 Å². The molecule has 1 aliphatic rings. The number of allylic oxidation sites excluding steroid dienone is 4. The number of hydrogen-bond donors (Lipinski definition) is 0. The molecule has 0 amide bonds. The lowest BCUT2D eigenvalue weighted by Gasteiger charge is -2.17. The molecule has 0 aromatic rings. The number of methoxy groups -OCH3 is 1. The number of hydrogen-bond acceptors (Lipinski definition) is 1. The van der Waals surface area contributed by atoms with Crippen molar-refractivity contribution in [2.24, 2.45) is 0 Å². The normalized spacial score (nSPS) is 18.7. The molecule has 1 radical (unpaired) electrons. The van der Waals surface area contributed by atoms with Crippen LogP contribution in [0.25, 0.3) is 0 Å². The summed E-state index contributed by atoms with van der Waals surface area (Å²) in [5, 5.41) is 0. The average Bonchev–Trinajstić information content (AvgIpc) is 2.02. The summed E-state index contributed by atoms with van der Waals surface area (Å²) >= 11 is 2.99. The molecule has 0 fully saturated rings. The summed E-state index contributed by atoms with van der Waals surface area (Å²) in [6.45, 7) is 0. The molecule has 0 spiro atoms. The number of rotatable bonds is 1. The van der Waals surface area contributed by atoms with Crippen molar-refractivity contribution in [2.45, 2.75) is 12.6 Å². The highest BCUT2D eigenvalue weighted by molar-refractivity contribution is 9.11. The van der Waals surface area contributed by atoms with Gasteiger partial charge < -0.3 is 4.74 Å². The summed E-state index contributed by atoms with van der Waals surface area (Å²) in [5.74, 6) is 0.438. The lowest BCUT2D eigenvalue weighted by molar-refractivity contribution is -0.0934. The highest BCUT2D eigenvalue weighted by Crippen LogP contribution is 2.36. The topological polar surface area (TPSA) is 9.23 Å². The number of ether oxygens (including phenoxy) is 1. The lowest BCUT2D eigenvalue weighted by Crippen LogP contribution is -2.15. The first kappa shape index (κ1) is 10.6. The largest absolute Gasteiger partial charge is 0.500 e. The summed E-state index contributed by atoms with van der Waals surface area (Å²) in [5.41, 5.74) is -0.569. The first-order chi connectivity index (χ1) is 5.95. The molecule has 0 bridgehead atoms. The van der Waals surface area contributed by atoms with E-state index in [9.17, 15) is 13.2 Å². The monoisotopic (exact) mass is 255 g/mol. The minimum Gasteiger partial charge on any atom is -0.500 e. The summed E-state index contributed by atoms with van der Waals surface area (Å²) in [4.78, 5) is 0. The Kier molecular flexibility index (Phi) is 3.05. The zero-order valence-corrected chi connectivity index (χ0v) is 8.37. The van der Waals surface area contributed by atoms with Gasteiger partial charge in [0.1, 0.15) is 5.76 Å². The van der Waals surface area contributed by atoms with Crippen molar-refractivity contribution < 1.29 is 17.9 Å². The zero-order valence-electron chi connectivity index (χ0n) is 6.78. The van der Waals surface area contributed by atoms with E-state index in [1.165, 1.54) is 13.5 Å². The van der Waals surface area contributed by atoms with Crippen LogP contribution in [0, 0.1) is 6.42 Å². The second kappa shape index (κ2) is 3.74. The molecule has 5 heteroatoms. The molecule has 0 aliphatic heterocycles. The minimum atomic E-state index is -4.26. The van der Waals surface area contributed by atoms with Gasteiger partial charge in [0, 0.05) is 12.0 Å². The second-order valence-corrected chi connectivity index (χ2v) is 3.35. The molecule has 0 aromatic carbocycles. The van der Waals surface area contributed by atoms with Gasteiger partial charge in [0.25, 0.3) is 0 Å². The first-order valence-corrected chi connectivity index (χ1v) is 4.29. The van der Waals surface area contributed by atoms with Gasteiger partial charge in [-0.3, -0.25) is 0 Å². The second-order valence-electron chi connectivity index (χ2n) is 2.49. The van der Waals surface area contributed by atoms with Gasteiger partial charge in [-0.05, 0) is 28.4 Å². The van der Waals surface area contributed by atoms with Gasteiger partial charge in [0.2, 0.25) is 0 Å². The Labute approximate surface area is 82.4 Å². The van der Waals surface area contributed by atoms with E-state index < -0.39 is 11.7 Å². The van der Waals surface area contributed by atoms with Crippen LogP contribution in [0.2, 0.25) is 0 Å². The Morgan fingerprint density at radius 1 is 1.46 bits per heavy atom. The molecule has 0 N–H and O–H groups in total. The van der Waals surface area contributed by atoms with Crippen molar-refractivity contribution in [1.29, 1.82) is 0 Å². The smallest absolute Gasteiger partial charge is 0.412 e. The maximum atomic E-state index is 12.2. The maximum absolute atomic E-state index is 12.2. The van der Waals surface area contributed by atoms with E-state index in [0.717, 1.165) is 6.08 Å². The predicted molar refractivity (Wildman–Crippen MR) is 46.0 cm³/mol. The molecule has 1 aliphatic carbocycles. The van der Waals surface area contributed by atoms with Gasteiger partial charge in [-0.25, -0.2) is 0 Å². The molecule has 1 rings (SSSR count). The highest BCUT2D eigenvalue weighted by atomic mass is 79.9. The van der Waals surface area contributed by atoms with Crippen LogP contribution in [0.15, 0.2) is 21.9 Å². The van der Waals surface area contributed by atoms with E-state index in [0.29, 0.717) is 10.2 Å². The summed E-state index contributed by atoms with van der Waals surface area (Å²) < 4.78 is 41.7. The number of halogens is 4. The van der Waals surface area contributed by atoms with Crippen molar-refractivity contribution in [3.8, 4) is 0 Å². The van der Waals surface area contributed by atoms with E-state index in [2.05, 4.69) is 15.9 Å². The molecule has 1 nitrogen and oxygen atoms in total. The third-order valence-electron chi connectivity index (χ3n) is 1.63. The molecule has 0 saturated heterocycles. The molecule has 0 atom stereocenters. The molecular weight excluding hydrogens is 249 g/mol. The van der Waals surface area contributed by atoms with E-state index in [4.69, 9.17) is 4.74 Å². The maximum Gasteiger partial charge on any atom is 0.412 e.